The molecule has 0 unspecified atom stereocenters. The summed E-state index contributed by atoms with van der Waals surface area (Å²) < 4.78 is 39.7. The normalized spacial score (nSPS) is 29.2. The van der Waals surface area contributed by atoms with Crippen molar-refractivity contribution in [1.82, 2.24) is 0 Å². The van der Waals surface area contributed by atoms with Crippen molar-refractivity contribution >= 4 is 17.9 Å². The molecule has 9 heteroatoms. The van der Waals surface area contributed by atoms with Gasteiger partial charge >= 0.3 is 17.9 Å². The first kappa shape index (κ1) is 19.9. The molecule has 24 heavy (non-hydrogen) atoms. The van der Waals surface area contributed by atoms with Crippen LogP contribution in [-0.2, 0) is 38.1 Å². The summed E-state index contributed by atoms with van der Waals surface area (Å²) in [4.78, 5) is 33.5. The van der Waals surface area contributed by atoms with Crippen LogP contribution in [0.25, 0.3) is 0 Å². The monoisotopic (exact) mass is 345 g/mol. The summed E-state index contributed by atoms with van der Waals surface area (Å²) in [6.45, 7) is 2.73. The van der Waals surface area contributed by atoms with E-state index < -0.39 is 48.7 Å². The van der Waals surface area contributed by atoms with Gasteiger partial charge in [-0.05, 0) is 0 Å². The second-order valence-corrected chi connectivity index (χ2v) is 4.95. The predicted octanol–water partition coefficient (Wildman–Crippen LogP) is 0.126. The van der Waals surface area contributed by atoms with Crippen molar-refractivity contribution in [1.29, 1.82) is 0 Å². The van der Waals surface area contributed by atoms with E-state index in [-0.39, 0.29) is 13.2 Å². The Hall–Kier alpha value is -2.18. The lowest BCUT2D eigenvalue weighted by atomic mass is 9.99. The lowest BCUT2D eigenvalue weighted by molar-refractivity contribution is -0.289. The Morgan fingerprint density at radius 2 is 1.67 bits per heavy atom. The quantitative estimate of drug-likeness (QED) is 0.381. The maximum Gasteiger partial charge on any atom is 0.303 e. The van der Waals surface area contributed by atoms with E-state index in [2.05, 4.69) is 5.92 Å². The summed E-state index contributed by atoms with van der Waals surface area (Å²) in [5.74, 6) is -0.000416. The average molecular weight is 345 g/mol. The van der Waals surface area contributed by atoms with Crippen LogP contribution in [0, 0.1) is 12.3 Å². The number of alkyl halides is 1. The largest absolute Gasteiger partial charge is 0.463 e. The molecule has 134 valence electrons. The highest BCUT2D eigenvalue weighted by molar-refractivity contribution is 5.67. The van der Waals surface area contributed by atoms with E-state index in [1.54, 1.807) is 0 Å². The molecule has 0 aromatic rings. The molecule has 0 aromatic carbocycles. The number of terminal acetylenes is 1. The van der Waals surface area contributed by atoms with Gasteiger partial charge in [-0.3, -0.25) is 14.4 Å². The average Bonchev–Trinajstić information content (AvgIpc) is 2.48. The molecule has 0 amide bonds. The van der Waals surface area contributed by atoms with Crippen molar-refractivity contribution in [2.45, 2.75) is 51.5 Å². The smallest absolute Gasteiger partial charge is 0.303 e. The summed E-state index contributed by atoms with van der Waals surface area (Å²) in [7, 11) is 0. The van der Waals surface area contributed by atoms with Gasteiger partial charge in [0.2, 0.25) is 0 Å². The highest BCUT2D eigenvalue weighted by Gasteiger charge is 2.51. The van der Waals surface area contributed by atoms with Gasteiger partial charge in [-0.1, -0.05) is 5.92 Å². The molecule has 8 nitrogen and oxygen atoms in total. The van der Waals surface area contributed by atoms with Gasteiger partial charge < -0.3 is 23.7 Å². The number of esters is 3. The lowest BCUT2D eigenvalue weighted by Crippen LogP contribution is -2.60. The maximum atomic E-state index is 14.6. The molecule has 5 atom stereocenters. The third-order valence-electron chi connectivity index (χ3n) is 2.96. The SMILES string of the molecule is C#CCO[C@@H]1O[C@H](COC(C)=O)[C@@H](OC(C)=O)[C@H](OC(C)=O)[C@H]1[18F]. The molecule has 1 fully saturated rings. The van der Waals surface area contributed by atoms with Crippen LogP contribution in [-0.4, -0.2) is 61.9 Å². The third-order valence-corrected chi connectivity index (χ3v) is 2.96. The molecule has 0 aliphatic carbocycles. The van der Waals surface area contributed by atoms with Gasteiger partial charge in [-0.25, -0.2) is 4.39 Å². The van der Waals surface area contributed by atoms with Crippen LogP contribution < -0.4 is 0 Å². The Balaban J connectivity index is 3.04. The Morgan fingerprint density at radius 1 is 1.08 bits per heavy atom. The fraction of sp³-hybridized carbons (Fsp3) is 0.667. The second kappa shape index (κ2) is 9.20. The maximum absolute atomic E-state index is 14.6. The molecule has 0 N–H and O–H groups in total. The van der Waals surface area contributed by atoms with E-state index in [0.717, 1.165) is 20.8 Å². The molecule has 1 aliphatic heterocycles. The van der Waals surface area contributed by atoms with E-state index in [9.17, 15) is 18.8 Å². The van der Waals surface area contributed by atoms with Crippen LogP contribution in [0.2, 0.25) is 0 Å². The molecule has 0 saturated carbocycles. The van der Waals surface area contributed by atoms with Gasteiger partial charge in [0, 0.05) is 20.8 Å². The minimum atomic E-state index is -1.96. The van der Waals surface area contributed by atoms with E-state index >= 15 is 0 Å². The number of carbonyl (C=O) groups excluding carboxylic acids is 3. The first-order chi connectivity index (χ1) is 11.3. The minimum Gasteiger partial charge on any atom is -0.463 e. The van der Waals surface area contributed by atoms with Crippen molar-refractivity contribution in [3.8, 4) is 12.3 Å². The zero-order valence-corrected chi connectivity index (χ0v) is 13.5. The lowest BCUT2D eigenvalue weighted by Gasteiger charge is -2.41. The second-order valence-electron chi connectivity index (χ2n) is 4.95. The van der Waals surface area contributed by atoms with Gasteiger partial charge in [0.15, 0.2) is 24.7 Å². The number of rotatable bonds is 6. The van der Waals surface area contributed by atoms with E-state index in [1.165, 1.54) is 0 Å². The van der Waals surface area contributed by atoms with Crippen LogP contribution >= 0.6 is 0 Å². The van der Waals surface area contributed by atoms with Gasteiger partial charge in [0.25, 0.3) is 0 Å². The minimum absolute atomic E-state index is 0.254. The van der Waals surface area contributed by atoms with E-state index in [1.807, 2.05) is 0 Å². The molecule has 0 radical (unpaired) electrons. The zero-order valence-electron chi connectivity index (χ0n) is 13.5. The van der Waals surface area contributed by atoms with Gasteiger partial charge in [-0.15, -0.1) is 6.42 Å². The summed E-state index contributed by atoms with van der Waals surface area (Å²) in [6, 6.07) is 0. The van der Waals surface area contributed by atoms with Crippen LogP contribution in [0.1, 0.15) is 20.8 Å². The van der Waals surface area contributed by atoms with Gasteiger partial charge in [0.05, 0.1) is 0 Å². The van der Waals surface area contributed by atoms with Crippen LogP contribution in [0.3, 0.4) is 0 Å². The van der Waals surface area contributed by atoms with Crippen molar-refractivity contribution in [2.24, 2.45) is 0 Å². The molecular weight excluding hydrogens is 326 g/mol. The Bertz CT molecular complexity index is 514. The summed E-state index contributed by atoms with van der Waals surface area (Å²) in [5.41, 5.74) is 0. The highest BCUT2D eigenvalue weighted by Crippen LogP contribution is 2.29. The molecule has 1 aliphatic rings. The molecule has 0 bridgehead atoms. The molecular formula is C15H19FO8. The van der Waals surface area contributed by atoms with Crippen molar-refractivity contribution < 1.29 is 42.5 Å². The predicted molar refractivity (Wildman–Crippen MR) is 76.1 cm³/mol. The summed E-state index contributed by atoms with van der Waals surface area (Å²) >= 11 is 0. The molecule has 0 aromatic heterocycles. The summed E-state index contributed by atoms with van der Waals surface area (Å²) in [6.07, 6.45) is -2.29. The Labute approximate surface area is 138 Å². The van der Waals surface area contributed by atoms with E-state index in [0.29, 0.717) is 0 Å². The highest BCUT2D eigenvalue weighted by atomic mass is 18.2. The van der Waals surface area contributed by atoms with Gasteiger partial charge in [0.1, 0.15) is 19.3 Å². The topological polar surface area (TPSA) is 97.4 Å². The van der Waals surface area contributed by atoms with Crippen LogP contribution in [0.5, 0.6) is 0 Å². The number of carbonyl (C=O) groups is 3. The molecule has 1 saturated heterocycles. The third kappa shape index (κ3) is 5.79. The zero-order chi connectivity index (χ0) is 18.3. The number of halogens is 1. The van der Waals surface area contributed by atoms with Crippen LogP contribution in [0.4, 0.5) is 4.39 Å². The number of hydrogen-bond acceptors (Lipinski definition) is 8. The first-order valence-electron chi connectivity index (χ1n) is 7.08. The fourth-order valence-electron chi connectivity index (χ4n) is 2.13. The first-order valence-corrected chi connectivity index (χ1v) is 7.08. The summed E-state index contributed by atoms with van der Waals surface area (Å²) in [5, 5.41) is 0. The molecule has 1 rings (SSSR count). The molecule has 0 spiro atoms. The van der Waals surface area contributed by atoms with Gasteiger partial charge in [-0.2, -0.15) is 0 Å². The standard InChI is InChI=1S/C15H19FO8/c1-5-6-20-15-12(16)14(23-10(4)19)13(22-9(3)18)11(24-15)7-21-8(2)17/h1,11-15H,6-7H2,2-4H3/t11-,12-,13-,14-,15-/m1/s1/i16-1. The fourth-order valence-corrected chi connectivity index (χ4v) is 2.13. The number of ether oxygens (including phenoxy) is 5. The Morgan fingerprint density at radius 3 is 2.17 bits per heavy atom. The van der Waals surface area contributed by atoms with Crippen molar-refractivity contribution in [3.05, 3.63) is 0 Å². The van der Waals surface area contributed by atoms with Crippen LogP contribution in [0.15, 0.2) is 0 Å². The van der Waals surface area contributed by atoms with Crippen molar-refractivity contribution in [2.75, 3.05) is 13.2 Å². The molecule has 1 heterocycles. The van der Waals surface area contributed by atoms with Crippen molar-refractivity contribution in [3.63, 3.8) is 0 Å². The van der Waals surface area contributed by atoms with E-state index in [4.69, 9.17) is 30.1 Å². The Kier molecular flexibility index (Phi) is 7.61. The number of hydrogen-bond donors (Lipinski definition) is 0.